The Bertz CT molecular complexity index is 771. The number of hydrogen-bond donors (Lipinski definition) is 2. The Balaban J connectivity index is 1.41. The van der Waals surface area contributed by atoms with Gasteiger partial charge < -0.3 is 20.1 Å². The molecular formula is C23H32N4O2. The van der Waals surface area contributed by atoms with Crippen LogP contribution in [-0.4, -0.2) is 57.4 Å². The van der Waals surface area contributed by atoms with Gasteiger partial charge >= 0.3 is 0 Å². The van der Waals surface area contributed by atoms with Crippen LogP contribution in [0, 0.1) is 6.92 Å². The molecule has 0 saturated carbocycles. The molecule has 1 aliphatic heterocycles. The second-order valence-corrected chi connectivity index (χ2v) is 7.21. The minimum absolute atomic E-state index is 0.689. The highest BCUT2D eigenvalue weighted by atomic mass is 16.5. The number of ether oxygens (including phenoxy) is 2. The van der Waals surface area contributed by atoms with Crippen LogP contribution in [0.5, 0.6) is 5.75 Å². The SMILES string of the molecule is CN=C(NCc1ccc(C)cc1)NCc1cccc(OCCN2CCOCC2)c1. The van der Waals surface area contributed by atoms with Crippen molar-refractivity contribution in [2.45, 2.75) is 20.0 Å². The molecule has 0 bridgehead atoms. The highest BCUT2D eigenvalue weighted by molar-refractivity contribution is 5.79. The summed E-state index contributed by atoms with van der Waals surface area (Å²) in [6.45, 7) is 8.76. The molecule has 0 atom stereocenters. The van der Waals surface area contributed by atoms with Crippen molar-refractivity contribution < 1.29 is 9.47 Å². The Kier molecular flexibility index (Phi) is 8.34. The Labute approximate surface area is 173 Å². The number of aliphatic imine (C=N–C) groups is 1. The van der Waals surface area contributed by atoms with Crippen LogP contribution in [0.4, 0.5) is 0 Å². The molecule has 1 heterocycles. The number of nitrogens with zero attached hydrogens (tertiary/aromatic N) is 2. The van der Waals surface area contributed by atoms with Gasteiger partial charge in [-0.2, -0.15) is 0 Å². The summed E-state index contributed by atoms with van der Waals surface area (Å²) >= 11 is 0. The average Bonchev–Trinajstić information content (AvgIpc) is 2.76. The summed E-state index contributed by atoms with van der Waals surface area (Å²) in [5.74, 6) is 1.68. The van der Waals surface area contributed by atoms with Gasteiger partial charge in [0.05, 0.1) is 13.2 Å². The normalized spacial score (nSPS) is 15.2. The fourth-order valence-corrected chi connectivity index (χ4v) is 3.16. The first-order valence-electron chi connectivity index (χ1n) is 10.2. The van der Waals surface area contributed by atoms with Crippen molar-refractivity contribution in [2.75, 3.05) is 46.5 Å². The average molecular weight is 397 g/mol. The molecule has 2 aromatic carbocycles. The van der Waals surface area contributed by atoms with Crippen molar-refractivity contribution in [1.29, 1.82) is 0 Å². The first kappa shape index (κ1) is 21.1. The largest absolute Gasteiger partial charge is 0.492 e. The number of guanidine groups is 1. The predicted molar refractivity (Wildman–Crippen MR) is 117 cm³/mol. The van der Waals surface area contributed by atoms with Crippen LogP contribution in [0.3, 0.4) is 0 Å². The minimum atomic E-state index is 0.689. The zero-order valence-corrected chi connectivity index (χ0v) is 17.5. The van der Waals surface area contributed by atoms with Gasteiger partial charge in [-0.25, -0.2) is 0 Å². The molecule has 1 saturated heterocycles. The molecule has 2 aromatic rings. The predicted octanol–water partition coefficient (Wildman–Crippen LogP) is 2.57. The lowest BCUT2D eigenvalue weighted by atomic mass is 10.1. The quantitative estimate of drug-likeness (QED) is 0.531. The van der Waals surface area contributed by atoms with Crippen molar-refractivity contribution in [3.05, 3.63) is 65.2 Å². The summed E-state index contributed by atoms with van der Waals surface area (Å²) < 4.78 is 11.3. The molecule has 1 fully saturated rings. The van der Waals surface area contributed by atoms with Gasteiger partial charge in [0.15, 0.2) is 5.96 Å². The Morgan fingerprint density at radius 1 is 1.03 bits per heavy atom. The molecule has 1 aliphatic rings. The zero-order chi connectivity index (χ0) is 20.3. The summed E-state index contributed by atoms with van der Waals surface area (Å²) in [6.07, 6.45) is 0. The lowest BCUT2D eigenvalue weighted by Crippen LogP contribution is -2.38. The molecule has 3 rings (SSSR count). The molecule has 0 radical (unpaired) electrons. The molecule has 0 aliphatic carbocycles. The second-order valence-electron chi connectivity index (χ2n) is 7.21. The Morgan fingerprint density at radius 3 is 2.48 bits per heavy atom. The van der Waals surface area contributed by atoms with E-state index >= 15 is 0 Å². The third kappa shape index (κ3) is 7.40. The van der Waals surface area contributed by atoms with E-state index in [1.807, 2.05) is 12.1 Å². The number of aryl methyl sites for hydroxylation is 1. The van der Waals surface area contributed by atoms with E-state index in [1.54, 1.807) is 7.05 Å². The van der Waals surface area contributed by atoms with E-state index in [4.69, 9.17) is 9.47 Å². The Morgan fingerprint density at radius 2 is 1.76 bits per heavy atom. The van der Waals surface area contributed by atoms with E-state index in [-0.39, 0.29) is 0 Å². The second kappa shape index (κ2) is 11.4. The van der Waals surface area contributed by atoms with Crippen LogP contribution in [-0.2, 0) is 17.8 Å². The van der Waals surface area contributed by atoms with Gasteiger partial charge in [-0.1, -0.05) is 42.0 Å². The monoisotopic (exact) mass is 396 g/mol. The van der Waals surface area contributed by atoms with Crippen molar-refractivity contribution in [2.24, 2.45) is 4.99 Å². The van der Waals surface area contributed by atoms with Crippen molar-refractivity contribution in [3.8, 4) is 5.75 Å². The number of morpholine rings is 1. The molecule has 6 heteroatoms. The van der Waals surface area contributed by atoms with Crippen molar-refractivity contribution in [3.63, 3.8) is 0 Å². The first-order chi connectivity index (χ1) is 14.2. The smallest absolute Gasteiger partial charge is 0.191 e. The fraction of sp³-hybridized carbons (Fsp3) is 0.435. The van der Waals surface area contributed by atoms with E-state index in [1.165, 1.54) is 11.1 Å². The van der Waals surface area contributed by atoms with Gasteiger partial charge in [-0.05, 0) is 30.2 Å². The molecule has 2 N–H and O–H groups in total. The topological polar surface area (TPSA) is 58.1 Å². The van der Waals surface area contributed by atoms with Crippen molar-refractivity contribution in [1.82, 2.24) is 15.5 Å². The van der Waals surface area contributed by atoms with Crippen LogP contribution in [0.25, 0.3) is 0 Å². The number of hydrogen-bond acceptors (Lipinski definition) is 4. The van der Waals surface area contributed by atoms with E-state index < -0.39 is 0 Å². The fourth-order valence-electron chi connectivity index (χ4n) is 3.16. The van der Waals surface area contributed by atoms with Gasteiger partial charge in [0.2, 0.25) is 0 Å². The zero-order valence-electron chi connectivity index (χ0n) is 17.5. The van der Waals surface area contributed by atoms with Gasteiger partial charge in [-0.15, -0.1) is 0 Å². The molecule has 6 nitrogen and oxygen atoms in total. The van der Waals surface area contributed by atoms with Gasteiger partial charge in [0.25, 0.3) is 0 Å². The van der Waals surface area contributed by atoms with E-state index in [0.717, 1.165) is 56.7 Å². The lowest BCUT2D eigenvalue weighted by Gasteiger charge is -2.26. The molecular weight excluding hydrogens is 364 g/mol. The third-order valence-corrected chi connectivity index (χ3v) is 4.94. The summed E-state index contributed by atoms with van der Waals surface area (Å²) in [5, 5.41) is 6.72. The molecule has 0 unspecified atom stereocenters. The van der Waals surface area contributed by atoms with E-state index in [2.05, 4.69) is 63.8 Å². The lowest BCUT2D eigenvalue weighted by molar-refractivity contribution is 0.0322. The van der Waals surface area contributed by atoms with Crippen LogP contribution in [0.1, 0.15) is 16.7 Å². The van der Waals surface area contributed by atoms with Crippen LogP contribution in [0.2, 0.25) is 0 Å². The third-order valence-electron chi connectivity index (χ3n) is 4.94. The molecule has 156 valence electrons. The maximum atomic E-state index is 5.94. The summed E-state index contributed by atoms with van der Waals surface area (Å²) in [5.41, 5.74) is 3.66. The number of rotatable bonds is 8. The van der Waals surface area contributed by atoms with E-state index in [9.17, 15) is 0 Å². The van der Waals surface area contributed by atoms with E-state index in [0.29, 0.717) is 13.2 Å². The van der Waals surface area contributed by atoms with Crippen LogP contribution < -0.4 is 15.4 Å². The van der Waals surface area contributed by atoms with Gasteiger partial charge in [-0.3, -0.25) is 9.89 Å². The van der Waals surface area contributed by atoms with Crippen molar-refractivity contribution >= 4 is 5.96 Å². The van der Waals surface area contributed by atoms with Gasteiger partial charge in [0, 0.05) is 39.8 Å². The number of nitrogens with one attached hydrogen (secondary N) is 2. The maximum absolute atomic E-state index is 5.94. The first-order valence-corrected chi connectivity index (χ1v) is 10.2. The highest BCUT2D eigenvalue weighted by Crippen LogP contribution is 2.13. The summed E-state index contributed by atoms with van der Waals surface area (Å²) in [7, 11) is 1.79. The Hall–Kier alpha value is -2.57. The summed E-state index contributed by atoms with van der Waals surface area (Å²) in [4.78, 5) is 6.68. The molecule has 0 spiro atoms. The molecule has 0 aromatic heterocycles. The van der Waals surface area contributed by atoms with Gasteiger partial charge in [0.1, 0.15) is 12.4 Å². The minimum Gasteiger partial charge on any atom is -0.492 e. The van der Waals surface area contributed by atoms with Crippen LogP contribution in [0.15, 0.2) is 53.5 Å². The standard InChI is InChI=1S/C23H32N4O2/c1-19-6-8-20(9-7-19)17-25-23(24-2)26-18-21-4-3-5-22(16-21)29-15-12-27-10-13-28-14-11-27/h3-9,16H,10-15,17-18H2,1-2H3,(H2,24,25,26). The molecule has 0 amide bonds. The molecule has 29 heavy (non-hydrogen) atoms. The summed E-state index contributed by atoms with van der Waals surface area (Å²) in [6, 6.07) is 16.7. The highest BCUT2D eigenvalue weighted by Gasteiger charge is 2.09. The van der Waals surface area contributed by atoms with Crippen LogP contribution >= 0.6 is 0 Å². The number of benzene rings is 2. The maximum Gasteiger partial charge on any atom is 0.191 e.